The first-order valence-corrected chi connectivity index (χ1v) is 11.0. The van der Waals surface area contributed by atoms with Gasteiger partial charge < -0.3 is 19.7 Å². The number of piperidine rings is 1. The van der Waals surface area contributed by atoms with Crippen LogP contribution in [0.15, 0.2) is 43.0 Å². The van der Waals surface area contributed by atoms with Gasteiger partial charge in [0.25, 0.3) is 0 Å². The number of fused-ring (bicyclic) bond motifs is 1. The molecule has 5 rings (SSSR count). The summed E-state index contributed by atoms with van der Waals surface area (Å²) in [6, 6.07) is 7.49. The minimum Gasteiger partial charge on any atom is -0.454 e. The predicted molar refractivity (Wildman–Crippen MR) is 118 cm³/mol. The van der Waals surface area contributed by atoms with Gasteiger partial charge in [-0.1, -0.05) is 17.7 Å². The van der Waals surface area contributed by atoms with Gasteiger partial charge in [0.2, 0.25) is 18.6 Å². The summed E-state index contributed by atoms with van der Waals surface area (Å²) < 4.78 is 12.5. The maximum Gasteiger partial charge on any atom is 0.238 e. The number of hydrogen-bond acceptors (Lipinski definition) is 7. The summed E-state index contributed by atoms with van der Waals surface area (Å²) >= 11 is 6.29. The summed E-state index contributed by atoms with van der Waals surface area (Å²) in [6.07, 6.45) is 8.48. The molecule has 4 heterocycles. The van der Waals surface area contributed by atoms with Crippen LogP contribution in [0.2, 0.25) is 5.15 Å². The molecule has 2 aliphatic heterocycles. The Hall–Kier alpha value is -3.33. The second-order valence-corrected chi connectivity index (χ2v) is 8.22. The quantitative estimate of drug-likeness (QED) is 0.572. The molecule has 1 aromatic carbocycles. The lowest BCUT2D eigenvalue weighted by Gasteiger charge is -2.36. The van der Waals surface area contributed by atoms with E-state index < -0.39 is 0 Å². The molecule has 0 saturated carbocycles. The summed E-state index contributed by atoms with van der Waals surface area (Å²) in [5.41, 5.74) is 0.968. The molecule has 166 valence electrons. The van der Waals surface area contributed by atoms with Crippen molar-refractivity contribution >= 4 is 23.3 Å². The van der Waals surface area contributed by atoms with E-state index in [0.717, 1.165) is 42.9 Å². The molecular weight excluding hydrogens is 432 g/mol. The summed E-state index contributed by atoms with van der Waals surface area (Å²) in [7, 11) is 0. The summed E-state index contributed by atoms with van der Waals surface area (Å²) in [6.45, 7) is 1.49. The first-order chi connectivity index (χ1) is 15.7. The van der Waals surface area contributed by atoms with Crippen LogP contribution in [0.1, 0.15) is 31.2 Å². The van der Waals surface area contributed by atoms with E-state index in [2.05, 4.69) is 25.2 Å². The molecule has 32 heavy (non-hydrogen) atoms. The molecule has 1 amide bonds. The van der Waals surface area contributed by atoms with Crippen LogP contribution in [0.5, 0.6) is 11.5 Å². The van der Waals surface area contributed by atoms with Crippen molar-refractivity contribution in [1.82, 2.24) is 24.8 Å². The molecule has 2 aromatic heterocycles. The molecule has 1 N–H and O–H groups in total. The van der Waals surface area contributed by atoms with Gasteiger partial charge in [-0.2, -0.15) is 4.98 Å². The number of halogens is 1. The average molecular weight is 455 g/mol. The largest absolute Gasteiger partial charge is 0.454 e. The Labute approximate surface area is 190 Å². The van der Waals surface area contributed by atoms with E-state index in [-0.39, 0.29) is 18.7 Å². The molecule has 3 aromatic rings. The standard InChI is InChI=1S/C22H23ClN6O3/c23-19-11-20(27-22(26-19)28-8-6-24-13-28)29-7-2-1-3-16(29)10-21(30)25-12-15-4-5-17-18(9-15)32-14-31-17/h4-6,8-9,11,13,16H,1-3,7,10,12,14H2,(H,25,30). The third-order valence-electron chi connectivity index (χ3n) is 5.67. The Morgan fingerprint density at radius 2 is 2.09 bits per heavy atom. The number of amides is 1. The van der Waals surface area contributed by atoms with Crippen molar-refractivity contribution in [3.05, 3.63) is 53.7 Å². The van der Waals surface area contributed by atoms with E-state index in [0.29, 0.717) is 29.8 Å². The SMILES string of the molecule is O=C(CC1CCCCN1c1cc(Cl)nc(-n2ccnc2)n1)NCc1ccc2c(c1)OCO2. The molecule has 1 saturated heterocycles. The number of anilines is 1. The van der Waals surface area contributed by atoms with Crippen molar-refractivity contribution < 1.29 is 14.3 Å². The van der Waals surface area contributed by atoms with Crippen molar-refractivity contribution in [2.24, 2.45) is 0 Å². The van der Waals surface area contributed by atoms with Crippen molar-refractivity contribution in [1.29, 1.82) is 0 Å². The van der Waals surface area contributed by atoms with Gasteiger partial charge in [0.1, 0.15) is 17.3 Å². The van der Waals surface area contributed by atoms with Crippen LogP contribution in [-0.2, 0) is 11.3 Å². The van der Waals surface area contributed by atoms with Gasteiger partial charge in [0.15, 0.2) is 11.5 Å². The van der Waals surface area contributed by atoms with Gasteiger partial charge in [-0.3, -0.25) is 9.36 Å². The third kappa shape index (κ3) is 4.47. The van der Waals surface area contributed by atoms with Crippen LogP contribution < -0.4 is 19.7 Å². The number of imidazole rings is 1. The van der Waals surface area contributed by atoms with Crippen LogP contribution in [0.3, 0.4) is 0 Å². The monoisotopic (exact) mass is 454 g/mol. The van der Waals surface area contributed by atoms with E-state index in [9.17, 15) is 4.79 Å². The fourth-order valence-electron chi connectivity index (χ4n) is 4.09. The first kappa shape index (κ1) is 20.6. The predicted octanol–water partition coefficient (Wildman–Crippen LogP) is 3.11. The van der Waals surface area contributed by atoms with Gasteiger partial charge in [-0.05, 0) is 37.0 Å². The average Bonchev–Trinajstić information content (AvgIpc) is 3.49. The van der Waals surface area contributed by atoms with Crippen LogP contribution in [0.25, 0.3) is 5.95 Å². The molecule has 1 atom stereocenters. The smallest absolute Gasteiger partial charge is 0.238 e. The van der Waals surface area contributed by atoms with Crippen molar-refractivity contribution in [2.45, 2.75) is 38.3 Å². The molecule has 1 unspecified atom stereocenters. The molecule has 1 fully saturated rings. The van der Waals surface area contributed by atoms with Crippen LogP contribution in [-0.4, -0.2) is 44.8 Å². The summed E-state index contributed by atoms with van der Waals surface area (Å²) in [5.74, 6) is 2.62. The second-order valence-electron chi connectivity index (χ2n) is 7.83. The molecule has 0 radical (unpaired) electrons. The fourth-order valence-corrected chi connectivity index (χ4v) is 4.26. The molecule has 10 heteroatoms. The zero-order valence-electron chi connectivity index (χ0n) is 17.4. The highest BCUT2D eigenvalue weighted by Gasteiger charge is 2.27. The molecular formula is C22H23ClN6O3. The third-order valence-corrected chi connectivity index (χ3v) is 5.87. The van der Waals surface area contributed by atoms with Gasteiger partial charge >= 0.3 is 0 Å². The number of hydrogen-bond donors (Lipinski definition) is 1. The number of aromatic nitrogens is 4. The summed E-state index contributed by atoms with van der Waals surface area (Å²) in [5, 5.41) is 3.38. The molecule has 9 nitrogen and oxygen atoms in total. The maximum atomic E-state index is 12.8. The zero-order valence-corrected chi connectivity index (χ0v) is 18.2. The maximum absolute atomic E-state index is 12.8. The van der Waals surface area contributed by atoms with E-state index in [1.807, 2.05) is 18.2 Å². The number of carbonyl (C=O) groups excluding carboxylic acids is 1. The van der Waals surface area contributed by atoms with Gasteiger partial charge in [0.05, 0.1) is 0 Å². The van der Waals surface area contributed by atoms with Gasteiger partial charge in [-0.25, -0.2) is 9.97 Å². The van der Waals surface area contributed by atoms with Gasteiger partial charge in [0, 0.05) is 44.0 Å². The highest BCUT2D eigenvalue weighted by Crippen LogP contribution is 2.32. The minimum absolute atomic E-state index is 0.00504. The Morgan fingerprint density at radius 1 is 1.19 bits per heavy atom. The zero-order chi connectivity index (χ0) is 21.9. The normalized spacial score (nSPS) is 17.4. The molecule has 0 bridgehead atoms. The lowest BCUT2D eigenvalue weighted by molar-refractivity contribution is -0.121. The number of ether oxygens (including phenoxy) is 2. The van der Waals surface area contributed by atoms with Gasteiger partial charge in [-0.15, -0.1) is 0 Å². The molecule has 0 spiro atoms. The number of nitrogens with one attached hydrogen (secondary N) is 1. The van der Waals surface area contributed by atoms with E-state index in [1.54, 1.807) is 29.4 Å². The molecule has 0 aliphatic carbocycles. The Morgan fingerprint density at radius 3 is 2.97 bits per heavy atom. The van der Waals surface area contributed by atoms with E-state index in [4.69, 9.17) is 21.1 Å². The number of rotatable bonds is 6. The Bertz CT molecular complexity index is 1110. The van der Waals surface area contributed by atoms with Crippen LogP contribution in [0.4, 0.5) is 5.82 Å². The van der Waals surface area contributed by atoms with E-state index >= 15 is 0 Å². The highest BCUT2D eigenvalue weighted by atomic mass is 35.5. The first-order valence-electron chi connectivity index (χ1n) is 10.6. The van der Waals surface area contributed by atoms with Crippen molar-refractivity contribution in [3.63, 3.8) is 0 Å². The van der Waals surface area contributed by atoms with Crippen LogP contribution in [0, 0.1) is 0 Å². The highest BCUT2D eigenvalue weighted by molar-refractivity contribution is 6.29. The van der Waals surface area contributed by atoms with E-state index in [1.165, 1.54) is 0 Å². The van der Waals surface area contributed by atoms with Crippen LogP contribution >= 0.6 is 11.6 Å². The van der Waals surface area contributed by atoms with Crippen molar-refractivity contribution in [2.75, 3.05) is 18.2 Å². The molecule has 2 aliphatic rings. The number of nitrogens with zero attached hydrogens (tertiary/aromatic N) is 5. The topological polar surface area (TPSA) is 94.4 Å². The Kier molecular flexibility index (Phi) is 5.81. The number of carbonyl (C=O) groups is 1. The lowest BCUT2D eigenvalue weighted by atomic mass is 9.99. The Balaban J connectivity index is 1.26. The minimum atomic E-state index is -0.00504. The van der Waals surface area contributed by atoms with Crippen molar-refractivity contribution in [3.8, 4) is 17.4 Å². The lowest BCUT2D eigenvalue weighted by Crippen LogP contribution is -2.43. The number of benzene rings is 1. The fraction of sp³-hybridized carbons (Fsp3) is 0.364. The summed E-state index contributed by atoms with van der Waals surface area (Å²) in [4.78, 5) is 27.9. The second kappa shape index (κ2) is 9.04.